The molecule has 0 unspecified atom stereocenters. The van der Waals surface area contributed by atoms with Crippen LogP contribution in [0.15, 0.2) is 42.5 Å². The molecule has 0 bridgehead atoms. The first kappa shape index (κ1) is 18.3. The quantitative estimate of drug-likeness (QED) is 0.750. The van der Waals surface area contributed by atoms with Crippen molar-refractivity contribution in [2.24, 2.45) is 0 Å². The van der Waals surface area contributed by atoms with Crippen LogP contribution in [0.2, 0.25) is 0 Å². The molecule has 0 fully saturated rings. The average molecular weight is 338 g/mol. The number of nitriles is 1. The summed E-state index contributed by atoms with van der Waals surface area (Å²) < 4.78 is 11.4. The topological polar surface area (TPSA) is 71.3 Å². The smallest absolute Gasteiger partial charge is 0.234 e. The lowest BCUT2D eigenvalue weighted by Gasteiger charge is -2.11. The van der Waals surface area contributed by atoms with Crippen molar-refractivity contribution in [1.29, 1.82) is 5.26 Å². The molecule has 0 saturated heterocycles. The fourth-order valence-corrected chi connectivity index (χ4v) is 2.20. The maximum Gasteiger partial charge on any atom is 0.234 e. The number of nitrogens with zero attached hydrogens (tertiary/aromatic N) is 1. The highest BCUT2D eigenvalue weighted by Gasteiger charge is 2.02. The van der Waals surface area contributed by atoms with Gasteiger partial charge in [-0.1, -0.05) is 18.2 Å². The second-order valence-corrected chi connectivity index (χ2v) is 5.70. The van der Waals surface area contributed by atoms with Gasteiger partial charge in [0.2, 0.25) is 5.91 Å². The van der Waals surface area contributed by atoms with Gasteiger partial charge in [-0.05, 0) is 54.8 Å². The molecule has 25 heavy (non-hydrogen) atoms. The van der Waals surface area contributed by atoms with Crippen molar-refractivity contribution >= 4 is 5.91 Å². The Balaban J connectivity index is 1.77. The van der Waals surface area contributed by atoms with E-state index in [2.05, 4.69) is 19.2 Å². The minimum atomic E-state index is -0.282. The highest BCUT2D eigenvalue weighted by Crippen LogP contribution is 2.17. The summed E-state index contributed by atoms with van der Waals surface area (Å²) in [5.74, 6) is 1.27. The lowest BCUT2D eigenvalue weighted by molar-refractivity contribution is -0.120. The maximum absolute atomic E-state index is 11.3. The number of hydrogen-bond donors (Lipinski definition) is 1. The first-order valence-electron chi connectivity index (χ1n) is 8.14. The van der Waals surface area contributed by atoms with E-state index in [1.54, 1.807) is 0 Å². The first-order valence-corrected chi connectivity index (χ1v) is 8.14. The Morgan fingerprint density at radius 3 is 2.44 bits per heavy atom. The zero-order chi connectivity index (χ0) is 18.1. The number of hydrogen-bond acceptors (Lipinski definition) is 4. The zero-order valence-electron chi connectivity index (χ0n) is 14.5. The van der Waals surface area contributed by atoms with Crippen LogP contribution in [0.4, 0.5) is 0 Å². The third kappa shape index (κ3) is 6.19. The number of carbonyl (C=O) groups excluding carboxylic acids is 1. The van der Waals surface area contributed by atoms with E-state index in [4.69, 9.17) is 14.7 Å². The maximum atomic E-state index is 11.3. The second-order valence-electron chi connectivity index (χ2n) is 5.70. The summed E-state index contributed by atoms with van der Waals surface area (Å²) in [4.78, 5) is 11.3. The van der Waals surface area contributed by atoms with Gasteiger partial charge in [-0.2, -0.15) is 5.26 Å². The molecule has 1 N–H and O–H groups in total. The van der Waals surface area contributed by atoms with Gasteiger partial charge >= 0.3 is 0 Å². The van der Waals surface area contributed by atoms with E-state index in [0.717, 1.165) is 17.1 Å². The fourth-order valence-electron chi connectivity index (χ4n) is 2.20. The second kappa shape index (κ2) is 9.33. The molecule has 0 aliphatic heterocycles. The van der Waals surface area contributed by atoms with Crippen LogP contribution in [0.1, 0.15) is 23.1 Å². The van der Waals surface area contributed by atoms with Gasteiger partial charge in [0.15, 0.2) is 0 Å². The molecule has 5 heteroatoms. The van der Waals surface area contributed by atoms with Crippen molar-refractivity contribution < 1.29 is 14.3 Å². The molecular weight excluding hydrogens is 316 g/mol. The molecule has 0 heterocycles. The van der Waals surface area contributed by atoms with Gasteiger partial charge in [0, 0.05) is 6.54 Å². The van der Waals surface area contributed by atoms with Gasteiger partial charge in [0.05, 0.1) is 6.07 Å². The average Bonchev–Trinajstić information content (AvgIpc) is 2.61. The number of rotatable bonds is 8. The summed E-state index contributed by atoms with van der Waals surface area (Å²) >= 11 is 0. The van der Waals surface area contributed by atoms with E-state index in [9.17, 15) is 4.79 Å². The molecular formula is C20H22N2O3. The number of amides is 1. The molecule has 1 amide bonds. The third-order valence-corrected chi connectivity index (χ3v) is 3.73. The standard InChI is InChI=1S/C20H22N2O3/c1-15-6-7-19(12-16(15)2)25-11-10-24-18-5-3-4-17(13-18)14-22-20(23)8-9-21/h3-7,12-13H,8,10-11,14H2,1-2H3,(H,22,23). The molecule has 0 atom stereocenters. The molecule has 2 aromatic carbocycles. The Bertz CT molecular complexity index is 766. The van der Waals surface area contributed by atoms with Crippen LogP contribution in [-0.4, -0.2) is 19.1 Å². The van der Waals surface area contributed by atoms with Crippen LogP contribution in [0.5, 0.6) is 11.5 Å². The van der Waals surface area contributed by atoms with Gasteiger partial charge in [-0.25, -0.2) is 0 Å². The third-order valence-electron chi connectivity index (χ3n) is 3.73. The predicted octanol–water partition coefficient (Wildman–Crippen LogP) is 3.29. The van der Waals surface area contributed by atoms with Gasteiger partial charge in [0.1, 0.15) is 31.1 Å². The molecule has 5 nitrogen and oxygen atoms in total. The molecule has 0 aliphatic rings. The number of carbonyl (C=O) groups is 1. The van der Waals surface area contributed by atoms with Gasteiger partial charge in [-0.15, -0.1) is 0 Å². The molecule has 2 rings (SSSR count). The van der Waals surface area contributed by atoms with Gasteiger partial charge < -0.3 is 14.8 Å². The van der Waals surface area contributed by atoms with E-state index < -0.39 is 0 Å². The minimum Gasteiger partial charge on any atom is -0.490 e. The Labute approximate surface area is 148 Å². The highest BCUT2D eigenvalue weighted by molar-refractivity contribution is 5.77. The van der Waals surface area contributed by atoms with Crippen LogP contribution in [0.25, 0.3) is 0 Å². The summed E-state index contributed by atoms with van der Waals surface area (Å²) in [5, 5.41) is 11.2. The summed E-state index contributed by atoms with van der Waals surface area (Å²) in [6, 6.07) is 15.3. The highest BCUT2D eigenvalue weighted by atomic mass is 16.5. The zero-order valence-corrected chi connectivity index (χ0v) is 14.5. The largest absolute Gasteiger partial charge is 0.490 e. The van der Waals surface area contributed by atoms with Crippen molar-refractivity contribution in [3.8, 4) is 17.6 Å². The minimum absolute atomic E-state index is 0.133. The van der Waals surface area contributed by atoms with E-state index in [-0.39, 0.29) is 12.3 Å². The van der Waals surface area contributed by atoms with Crippen molar-refractivity contribution in [2.45, 2.75) is 26.8 Å². The fraction of sp³-hybridized carbons (Fsp3) is 0.300. The normalized spacial score (nSPS) is 9.96. The van der Waals surface area contributed by atoms with E-state index in [0.29, 0.717) is 19.8 Å². The van der Waals surface area contributed by atoms with Crippen LogP contribution >= 0.6 is 0 Å². The summed E-state index contributed by atoms with van der Waals surface area (Å²) in [6.45, 7) is 5.37. The van der Waals surface area contributed by atoms with E-state index in [1.807, 2.05) is 48.5 Å². The van der Waals surface area contributed by atoms with Gasteiger partial charge in [-0.3, -0.25) is 4.79 Å². The molecule has 0 spiro atoms. The molecule has 0 saturated carbocycles. The lowest BCUT2D eigenvalue weighted by Crippen LogP contribution is -2.21. The predicted molar refractivity (Wildman–Crippen MR) is 95.4 cm³/mol. The van der Waals surface area contributed by atoms with Crippen molar-refractivity contribution in [3.63, 3.8) is 0 Å². The van der Waals surface area contributed by atoms with Crippen LogP contribution in [0, 0.1) is 25.2 Å². The number of benzene rings is 2. The monoisotopic (exact) mass is 338 g/mol. The van der Waals surface area contributed by atoms with Gasteiger partial charge in [0.25, 0.3) is 0 Å². The van der Waals surface area contributed by atoms with Crippen LogP contribution < -0.4 is 14.8 Å². The Morgan fingerprint density at radius 1 is 1.04 bits per heavy atom. The molecule has 0 aliphatic carbocycles. The Kier molecular flexibility index (Phi) is 6.85. The lowest BCUT2D eigenvalue weighted by atomic mass is 10.1. The number of aryl methyl sites for hydroxylation is 2. The first-order chi connectivity index (χ1) is 12.1. The molecule has 2 aromatic rings. The Morgan fingerprint density at radius 2 is 1.76 bits per heavy atom. The molecule has 0 radical (unpaired) electrons. The van der Waals surface area contributed by atoms with E-state index in [1.165, 1.54) is 11.1 Å². The molecule has 0 aromatic heterocycles. The van der Waals surface area contributed by atoms with E-state index >= 15 is 0 Å². The van der Waals surface area contributed by atoms with Crippen molar-refractivity contribution in [1.82, 2.24) is 5.32 Å². The summed E-state index contributed by atoms with van der Waals surface area (Å²) in [7, 11) is 0. The Hall–Kier alpha value is -3.00. The number of ether oxygens (including phenoxy) is 2. The molecule has 130 valence electrons. The van der Waals surface area contributed by atoms with Crippen LogP contribution in [-0.2, 0) is 11.3 Å². The SMILES string of the molecule is Cc1ccc(OCCOc2cccc(CNC(=O)CC#N)c2)cc1C. The van der Waals surface area contributed by atoms with Crippen LogP contribution in [0.3, 0.4) is 0 Å². The summed E-state index contributed by atoms with van der Waals surface area (Å²) in [6.07, 6.45) is -0.133. The summed E-state index contributed by atoms with van der Waals surface area (Å²) in [5.41, 5.74) is 3.35. The number of nitrogens with one attached hydrogen (secondary N) is 1. The van der Waals surface area contributed by atoms with Crippen molar-refractivity contribution in [2.75, 3.05) is 13.2 Å². The van der Waals surface area contributed by atoms with Crippen molar-refractivity contribution in [3.05, 3.63) is 59.2 Å².